The number of aliphatic imine (C=N–C) groups is 1. The van der Waals surface area contributed by atoms with Crippen molar-refractivity contribution < 1.29 is 51.7 Å². The summed E-state index contributed by atoms with van der Waals surface area (Å²) >= 11 is 6.02. The van der Waals surface area contributed by atoms with Crippen molar-refractivity contribution in [3.63, 3.8) is 0 Å². The number of carbonyl (C=O) groups is 5. The van der Waals surface area contributed by atoms with Crippen LogP contribution >= 0.6 is 11.6 Å². The number of hydrogen-bond donors (Lipinski definition) is 5. The van der Waals surface area contributed by atoms with E-state index in [-0.39, 0.29) is 34.7 Å². The lowest BCUT2D eigenvalue weighted by Gasteiger charge is -2.26. The Morgan fingerprint density at radius 3 is 2.09 bits per heavy atom. The van der Waals surface area contributed by atoms with Gasteiger partial charge in [-0.25, -0.2) is 9.79 Å². The molecule has 21 heteroatoms. The van der Waals surface area contributed by atoms with Crippen LogP contribution in [0.4, 0.5) is 36.4 Å². The normalized spacial score (nSPS) is 14.8. The number of morpholine rings is 1. The highest BCUT2D eigenvalue weighted by Gasteiger charge is 2.45. The highest BCUT2D eigenvalue weighted by atomic mass is 35.5. The molecule has 0 spiro atoms. The van der Waals surface area contributed by atoms with Crippen molar-refractivity contribution in [1.82, 2.24) is 25.2 Å². The van der Waals surface area contributed by atoms with Crippen LogP contribution in [-0.4, -0.2) is 106 Å². The quantitative estimate of drug-likeness (QED) is 0.0943. The van der Waals surface area contributed by atoms with Crippen molar-refractivity contribution >= 4 is 70.2 Å². The topological polar surface area (TPSA) is 226 Å². The Labute approximate surface area is 332 Å². The van der Waals surface area contributed by atoms with Crippen LogP contribution in [0.1, 0.15) is 39.1 Å². The molecule has 17 nitrogen and oxygen atoms in total. The van der Waals surface area contributed by atoms with E-state index in [0.717, 1.165) is 5.56 Å². The lowest BCUT2D eigenvalue weighted by atomic mass is 10.1. The van der Waals surface area contributed by atoms with Crippen molar-refractivity contribution in [3.8, 4) is 6.01 Å². The molecule has 1 aliphatic heterocycles. The highest BCUT2D eigenvalue weighted by molar-refractivity contribution is 6.42. The maximum absolute atomic E-state index is 13.0. The molecule has 3 aromatic carbocycles. The van der Waals surface area contributed by atoms with Gasteiger partial charge in [0.05, 0.1) is 25.3 Å². The Kier molecular flexibility index (Phi) is 12.5. The van der Waals surface area contributed by atoms with Crippen molar-refractivity contribution in [2.45, 2.75) is 24.6 Å². The van der Waals surface area contributed by atoms with Crippen LogP contribution in [0.2, 0.25) is 5.02 Å². The number of nitrogens with zero attached hydrogens (tertiary/aromatic N) is 5. The fraction of sp³-hybridized carbons (Fsp3) is 0.270. The zero-order chi connectivity index (χ0) is 41.5. The number of amides is 4. The molecule has 2 aliphatic rings. The number of benzene rings is 3. The number of hydrogen-bond acceptors (Lipinski definition) is 12. The summed E-state index contributed by atoms with van der Waals surface area (Å²) in [5.41, 5.74) is 0.269. The number of aliphatic carboxylic acids is 1. The molecular formula is C37H33ClF3N9O8. The number of alkyl halides is 3. The van der Waals surface area contributed by atoms with Gasteiger partial charge in [0.2, 0.25) is 11.9 Å². The van der Waals surface area contributed by atoms with Gasteiger partial charge in [-0.1, -0.05) is 23.7 Å². The Hall–Kier alpha value is -6.67. The first-order valence-electron chi connectivity index (χ1n) is 17.4. The number of nitrogens with one attached hydrogen (secondary N) is 4. The molecule has 58 heavy (non-hydrogen) atoms. The maximum Gasteiger partial charge on any atom is 0.422 e. The molecule has 1 saturated carbocycles. The average molecular weight is 824 g/mol. The molecular weight excluding hydrogens is 791 g/mol. The summed E-state index contributed by atoms with van der Waals surface area (Å²) in [5.74, 6) is -5.47. The van der Waals surface area contributed by atoms with Gasteiger partial charge >= 0.3 is 30.0 Å². The predicted molar refractivity (Wildman–Crippen MR) is 201 cm³/mol. The van der Waals surface area contributed by atoms with Gasteiger partial charge < -0.3 is 40.7 Å². The summed E-state index contributed by atoms with van der Waals surface area (Å²) in [5, 5.41) is 20.6. The standard InChI is InChI=1S/C37H33ClF3N9O8/c38-24-7-5-23(6-8-24)36(13-14-36)49-34-46-33(47-35(48-34)58-20-37(39,40)41)44-26-9-1-21(2-10-26)28(51)45-27(32(55)56)19-42-29(52)30(53)43-25-11-3-22(4-12-25)31(54)50-15-17-57-18-16-50/h1-12H,13-20H2,(H,42,52)(H,43,53)(H,55,56)(H2,44,46,47,48,49). The first-order valence-corrected chi connectivity index (χ1v) is 17.8. The second-order valence-electron chi connectivity index (χ2n) is 12.9. The molecule has 1 aromatic heterocycles. The van der Waals surface area contributed by atoms with Crippen LogP contribution in [0.25, 0.3) is 0 Å². The molecule has 0 bridgehead atoms. The van der Waals surface area contributed by atoms with E-state index in [0.29, 0.717) is 49.7 Å². The van der Waals surface area contributed by atoms with Gasteiger partial charge in [0.1, 0.15) is 5.71 Å². The second kappa shape index (κ2) is 17.6. The first kappa shape index (κ1) is 41.0. The number of carbonyl (C=O) groups excluding carboxylic acids is 4. The van der Waals surface area contributed by atoms with Gasteiger partial charge in [-0.3, -0.25) is 19.2 Å². The number of carboxylic acids is 1. The monoisotopic (exact) mass is 823 g/mol. The number of halogens is 4. The zero-order valence-electron chi connectivity index (χ0n) is 30.1. The summed E-state index contributed by atoms with van der Waals surface area (Å²) < 4.78 is 48.9. The van der Waals surface area contributed by atoms with Crippen LogP contribution in [0.5, 0.6) is 6.01 Å². The number of rotatable bonds is 13. The average Bonchev–Trinajstić information content (AvgIpc) is 3.99. The Bertz CT molecular complexity index is 2210. The van der Waals surface area contributed by atoms with Crippen LogP contribution in [0, 0.1) is 0 Å². The van der Waals surface area contributed by atoms with Gasteiger partial charge in [0, 0.05) is 40.6 Å². The summed E-state index contributed by atoms with van der Waals surface area (Å²) in [4.78, 5) is 79.7. The molecule has 2 heterocycles. The minimum atomic E-state index is -4.66. The molecule has 302 valence electrons. The van der Waals surface area contributed by atoms with Crippen LogP contribution in [-0.2, 0) is 24.7 Å². The van der Waals surface area contributed by atoms with E-state index in [9.17, 15) is 42.3 Å². The van der Waals surface area contributed by atoms with Crippen molar-refractivity contribution in [2.75, 3.05) is 55.4 Å². The van der Waals surface area contributed by atoms with E-state index >= 15 is 0 Å². The number of aromatic nitrogens is 3. The highest BCUT2D eigenvalue weighted by Crippen LogP contribution is 2.48. The van der Waals surface area contributed by atoms with Crippen LogP contribution in [0.15, 0.2) is 77.8 Å². The summed E-state index contributed by atoms with van der Waals surface area (Å²) in [6.07, 6.45) is -3.30. The molecule has 1 aliphatic carbocycles. The van der Waals surface area contributed by atoms with Gasteiger partial charge in [-0.2, -0.15) is 28.1 Å². The van der Waals surface area contributed by atoms with Crippen LogP contribution in [0.3, 0.4) is 0 Å². The van der Waals surface area contributed by atoms with E-state index in [2.05, 4.69) is 41.2 Å². The molecule has 1 saturated heterocycles. The summed E-state index contributed by atoms with van der Waals surface area (Å²) in [7, 11) is 0. The largest absolute Gasteiger partial charge is 0.477 e. The van der Waals surface area contributed by atoms with E-state index < -0.39 is 60.3 Å². The summed E-state index contributed by atoms with van der Waals surface area (Å²) in [6.45, 7) is -0.680. The van der Waals surface area contributed by atoms with Gasteiger partial charge in [-0.05, 0) is 79.1 Å². The van der Waals surface area contributed by atoms with Gasteiger partial charge in [0.15, 0.2) is 6.61 Å². The predicted octanol–water partition coefficient (Wildman–Crippen LogP) is 4.20. The van der Waals surface area contributed by atoms with E-state index in [1.54, 1.807) is 17.0 Å². The Balaban J connectivity index is 1.06. The third-order valence-corrected chi connectivity index (χ3v) is 8.91. The van der Waals surface area contributed by atoms with Crippen LogP contribution < -0.4 is 26.0 Å². The molecule has 0 atom stereocenters. The number of ether oxygens (including phenoxy) is 2. The van der Waals surface area contributed by atoms with Gasteiger partial charge in [0.25, 0.3) is 11.8 Å². The molecule has 0 radical (unpaired) electrons. The van der Waals surface area contributed by atoms with E-state index in [1.165, 1.54) is 48.5 Å². The lowest BCUT2D eigenvalue weighted by molar-refractivity contribution is -0.154. The molecule has 4 amide bonds. The fourth-order valence-electron chi connectivity index (χ4n) is 5.53. The van der Waals surface area contributed by atoms with Crippen molar-refractivity contribution in [1.29, 1.82) is 0 Å². The third-order valence-electron chi connectivity index (χ3n) is 8.66. The summed E-state index contributed by atoms with van der Waals surface area (Å²) in [6, 6.07) is 17.6. The lowest BCUT2D eigenvalue weighted by Crippen LogP contribution is -2.40. The Morgan fingerprint density at radius 1 is 0.845 bits per heavy atom. The number of carboxylic acid groups (broad SMARTS) is 1. The first-order chi connectivity index (χ1) is 27.7. The fourth-order valence-corrected chi connectivity index (χ4v) is 5.65. The van der Waals surface area contributed by atoms with E-state index in [1.807, 2.05) is 12.1 Å². The zero-order valence-corrected chi connectivity index (χ0v) is 30.9. The number of anilines is 4. The molecule has 4 aromatic rings. The molecule has 5 N–H and O–H groups in total. The van der Waals surface area contributed by atoms with Crippen molar-refractivity contribution in [3.05, 3.63) is 94.5 Å². The third kappa shape index (κ3) is 11.0. The molecule has 2 fully saturated rings. The smallest absolute Gasteiger partial charge is 0.422 e. The SMILES string of the molecule is O=C(O)C(CNC(=O)C(=O)Nc1ccc(C(=O)N2CCOCC2)cc1)=NC(=O)c1ccc(Nc2nc(NC3(c4ccc(Cl)cc4)CC3)nc(OCC(F)(F)F)n2)cc1. The minimum Gasteiger partial charge on any atom is -0.477 e. The second-order valence-corrected chi connectivity index (χ2v) is 13.3. The van der Waals surface area contributed by atoms with Crippen molar-refractivity contribution in [2.24, 2.45) is 4.99 Å². The molecule has 6 rings (SSSR count). The van der Waals surface area contributed by atoms with Gasteiger partial charge in [-0.15, -0.1) is 0 Å². The maximum atomic E-state index is 13.0. The molecule has 0 unspecified atom stereocenters. The minimum absolute atomic E-state index is 0.0690. The Morgan fingerprint density at radius 2 is 1.47 bits per heavy atom. The van der Waals surface area contributed by atoms with E-state index in [4.69, 9.17) is 21.1 Å².